The summed E-state index contributed by atoms with van der Waals surface area (Å²) in [6.07, 6.45) is 1.21. The highest BCUT2D eigenvalue weighted by molar-refractivity contribution is 6.05. The Hall–Kier alpha value is -4.41. The van der Waals surface area contributed by atoms with Crippen molar-refractivity contribution in [3.8, 4) is 5.75 Å². The van der Waals surface area contributed by atoms with Gasteiger partial charge in [-0.1, -0.05) is 67.6 Å². The second kappa shape index (κ2) is 15.7. The number of piperidine rings is 1. The van der Waals surface area contributed by atoms with Crippen LogP contribution in [0.4, 0.5) is 10.5 Å². The molecule has 2 aliphatic heterocycles. The molecule has 48 heavy (non-hydrogen) atoms. The van der Waals surface area contributed by atoms with Crippen LogP contribution < -0.4 is 9.64 Å². The topological polar surface area (TPSA) is 103 Å². The molecule has 0 saturated carbocycles. The van der Waals surface area contributed by atoms with Crippen LogP contribution in [0.25, 0.3) is 0 Å². The van der Waals surface area contributed by atoms with Crippen LogP contribution in [0, 0.1) is 6.92 Å². The lowest BCUT2D eigenvalue weighted by Gasteiger charge is -2.42. The fraction of sp³-hybridized carbons (Fsp3) is 0.447. The first-order valence-corrected chi connectivity index (χ1v) is 16.9. The fourth-order valence-electron chi connectivity index (χ4n) is 6.83. The number of carbonyl (C=O) groups excluding carboxylic acids is 2. The second-order valence-corrected chi connectivity index (χ2v) is 13.1. The lowest BCUT2D eigenvalue weighted by atomic mass is 9.97. The van der Waals surface area contributed by atoms with E-state index in [1.807, 2.05) is 61.2 Å². The number of carbonyl (C=O) groups is 3. The molecule has 0 spiro atoms. The minimum atomic E-state index is -1.24. The number of nitrogens with zero attached hydrogens (tertiary/aromatic N) is 4. The van der Waals surface area contributed by atoms with E-state index in [2.05, 4.69) is 29.2 Å². The summed E-state index contributed by atoms with van der Waals surface area (Å²) in [4.78, 5) is 47.6. The summed E-state index contributed by atoms with van der Waals surface area (Å²) >= 11 is 0. The monoisotopic (exact) mass is 656 g/mol. The van der Waals surface area contributed by atoms with Crippen LogP contribution in [-0.4, -0.2) is 95.8 Å². The number of fused-ring (bicyclic) bond motifs is 1. The minimum Gasteiger partial charge on any atom is -0.473 e. The number of benzene rings is 3. The molecule has 0 bridgehead atoms. The van der Waals surface area contributed by atoms with Crippen molar-refractivity contribution in [2.45, 2.75) is 64.8 Å². The molecule has 1 unspecified atom stereocenters. The maximum absolute atomic E-state index is 14.3. The van der Waals surface area contributed by atoms with Gasteiger partial charge in [-0.3, -0.25) is 14.5 Å². The first kappa shape index (κ1) is 34.9. The first-order chi connectivity index (χ1) is 23.1. The molecule has 2 atom stereocenters. The molecular formula is C38H48N4O6. The normalized spacial score (nSPS) is 19.2. The minimum absolute atomic E-state index is 0.0747. The number of aryl methyl sites for hydroxylation is 1. The maximum Gasteiger partial charge on any atom is 0.407 e. The van der Waals surface area contributed by atoms with Crippen molar-refractivity contribution in [1.29, 1.82) is 0 Å². The highest BCUT2D eigenvalue weighted by Gasteiger charge is 2.45. The van der Waals surface area contributed by atoms with Gasteiger partial charge in [0.1, 0.15) is 5.75 Å². The van der Waals surface area contributed by atoms with Crippen LogP contribution in [0.1, 0.15) is 60.2 Å². The lowest BCUT2D eigenvalue weighted by molar-refractivity contribution is -0.138. The molecule has 0 aromatic heterocycles. The number of hydrogen-bond donors (Lipinski definition) is 1. The lowest BCUT2D eigenvalue weighted by Crippen LogP contribution is -2.58. The van der Waals surface area contributed by atoms with Gasteiger partial charge in [0, 0.05) is 64.5 Å². The van der Waals surface area contributed by atoms with E-state index in [0.29, 0.717) is 62.7 Å². The molecular weight excluding hydrogens is 608 g/mol. The molecule has 3 amide bonds. The molecule has 5 rings (SSSR count). The van der Waals surface area contributed by atoms with Crippen molar-refractivity contribution in [3.63, 3.8) is 0 Å². The number of rotatable bonds is 13. The Balaban J connectivity index is 1.47. The third kappa shape index (κ3) is 7.99. The maximum atomic E-state index is 14.3. The van der Waals surface area contributed by atoms with E-state index in [9.17, 15) is 19.5 Å². The smallest absolute Gasteiger partial charge is 0.407 e. The van der Waals surface area contributed by atoms with E-state index in [1.165, 1.54) is 16.0 Å². The summed E-state index contributed by atoms with van der Waals surface area (Å²) in [7, 11) is 1.55. The predicted molar refractivity (Wildman–Crippen MR) is 185 cm³/mol. The third-order valence-electron chi connectivity index (χ3n) is 9.25. The van der Waals surface area contributed by atoms with Crippen LogP contribution in [0.3, 0.4) is 0 Å². The van der Waals surface area contributed by atoms with Gasteiger partial charge in [-0.05, 0) is 61.9 Å². The van der Waals surface area contributed by atoms with Crippen LogP contribution >= 0.6 is 0 Å². The average Bonchev–Trinajstić information content (AvgIpc) is 3.08. The molecule has 1 fully saturated rings. The number of likely N-dealkylation sites (tertiary alicyclic amines) is 1. The van der Waals surface area contributed by atoms with Crippen molar-refractivity contribution >= 4 is 23.6 Å². The summed E-state index contributed by atoms with van der Waals surface area (Å²) in [5.41, 5.74) is 2.88. The Morgan fingerprint density at radius 3 is 2.25 bits per heavy atom. The summed E-state index contributed by atoms with van der Waals surface area (Å²) in [6.45, 7) is 9.33. The zero-order chi connectivity index (χ0) is 34.3. The molecule has 0 aliphatic carbocycles. The van der Waals surface area contributed by atoms with Crippen molar-refractivity contribution in [1.82, 2.24) is 14.7 Å². The third-order valence-corrected chi connectivity index (χ3v) is 9.25. The van der Waals surface area contributed by atoms with Crippen molar-refractivity contribution in [3.05, 3.63) is 95.1 Å². The molecule has 10 heteroatoms. The number of hydrogen-bond acceptors (Lipinski definition) is 6. The summed E-state index contributed by atoms with van der Waals surface area (Å²) in [5, 5.41) is 9.65. The van der Waals surface area contributed by atoms with Crippen molar-refractivity contribution in [2.75, 3.05) is 51.3 Å². The van der Waals surface area contributed by atoms with E-state index < -0.39 is 11.7 Å². The molecule has 1 saturated heterocycles. The van der Waals surface area contributed by atoms with Gasteiger partial charge < -0.3 is 29.3 Å². The van der Waals surface area contributed by atoms with E-state index in [1.54, 1.807) is 25.0 Å². The highest BCUT2D eigenvalue weighted by atomic mass is 16.5. The van der Waals surface area contributed by atoms with E-state index in [4.69, 9.17) is 9.47 Å². The predicted octanol–water partition coefficient (Wildman–Crippen LogP) is 5.82. The van der Waals surface area contributed by atoms with Crippen LogP contribution in [0.2, 0.25) is 0 Å². The average molecular weight is 657 g/mol. The van der Waals surface area contributed by atoms with E-state index >= 15 is 0 Å². The van der Waals surface area contributed by atoms with Crippen molar-refractivity contribution < 1.29 is 29.0 Å². The van der Waals surface area contributed by atoms with Gasteiger partial charge in [0.25, 0.3) is 11.8 Å². The standard InChI is InChI=1S/C38H48N4O6/c1-5-18-41(31-17-12-19-40(26-31)37(45)46)35(43)32-23-33-34(22-28(32)2)48-38(3,27-47-4)36(44)42(33)21-20-39(24-29-13-8-6-9-14-29)25-30-15-10-7-11-16-30/h6-11,13-16,22-23,31H,5,12,17-21,24-27H2,1-4H3,(H,45,46)/t31-,38?/m1/s1. The SMILES string of the molecule is CCCN(C(=O)c1cc2c(cc1C)OC(C)(COC)C(=O)N2CCN(Cc1ccccc1)Cc1ccccc1)[C@@H]1CCCN(C(=O)O)C1. The Morgan fingerprint density at radius 2 is 1.67 bits per heavy atom. The zero-order valence-corrected chi connectivity index (χ0v) is 28.6. The largest absolute Gasteiger partial charge is 0.473 e. The van der Waals surface area contributed by atoms with Gasteiger partial charge in [0.05, 0.1) is 12.3 Å². The number of carboxylic acid groups (broad SMARTS) is 1. The molecule has 3 aromatic rings. The Bertz CT molecular complexity index is 1530. The van der Waals surface area contributed by atoms with Crippen LogP contribution in [0.5, 0.6) is 5.75 Å². The van der Waals surface area contributed by atoms with Crippen LogP contribution in [0.15, 0.2) is 72.8 Å². The first-order valence-electron chi connectivity index (χ1n) is 16.9. The molecule has 10 nitrogen and oxygen atoms in total. The number of methoxy groups -OCH3 is 1. The Morgan fingerprint density at radius 1 is 1.02 bits per heavy atom. The molecule has 1 N–H and O–H groups in total. The summed E-state index contributed by atoms with van der Waals surface area (Å²) in [6, 6.07) is 24.0. The van der Waals surface area contributed by atoms with Crippen molar-refractivity contribution in [2.24, 2.45) is 0 Å². The van der Waals surface area contributed by atoms with Gasteiger partial charge in [-0.25, -0.2) is 4.79 Å². The number of amides is 3. The Kier molecular flexibility index (Phi) is 11.4. The van der Waals surface area contributed by atoms with E-state index in [0.717, 1.165) is 18.4 Å². The molecule has 2 heterocycles. The summed E-state index contributed by atoms with van der Waals surface area (Å²) < 4.78 is 11.8. The molecule has 256 valence electrons. The van der Waals surface area contributed by atoms with Gasteiger partial charge in [-0.15, -0.1) is 0 Å². The molecule has 2 aliphatic rings. The highest BCUT2D eigenvalue weighted by Crippen LogP contribution is 2.40. The van der Waals surface area contributed by atoms with Gasteiger partial charge >= 0.3 is 6.09 Å². The summed E-state index contributed by atoms with van der Waals surface area (Å²) in [5.74, 6) is 0.132. The second-order valence-electron chi connectivity index (χ2n) is 13.1. The number of ether oxygens (including phenoxy) is 2. The molecule has 3 aromatic carbocycles. The van der Waals surface area contributed by atoms with E-state index in [-0.39, 0.29) is 31.0 Å². The zero-order valence-electron chi connectivity index (χ0n) is 28.6. The van der Waals surface area contributed by atoms with Crippen LogP contribution in [-0.2, 0) is 22.6 Å². The number of anilines is 1. The quantitative estimate of drug-likeness (QED) is 0.247. The van der Waals surface area contributed by atoms with Gasteiger partial charge in [0.15, 0.2) is 0 Å². The molecule has 0 radical (unpaired) electrons. The Labute approximate surface area is 283 Å². The fourth-order valence-corrected chi connectivity index (χ4v) is 6.83. The van der Waals surface area contributed by atoms with Gasteiger partial charge in [-0.2, -0.15) is 0 Å². The van der Waals surface area contributed by atoms with Gasteiger partial charge in [0.2, 0.25) is 5.60 Å².